The Bertz CT molecular complexity index is 723. The molecule has 0 unspecified atom stereocenters. The second-order valence-electron chi connectivity index (χ2n) is 4.67. The number of aromatic nitrogens is 1. The molecule has 0 amide bonds. The van der Waals surface area contributed by atoms with Crippen LogP contribution < -0.4 is 0 Å². The minimum atomic E-state index is -3.60. The van der Waals surface area contributed by atoms with Crippen molar-refractivity contribution in [3.8, 4) is 0 Å². The van der Waals surface area contributed by atoms with Crippen molar-refractivity contribution in [2.45, 2.75) is 18.7 Å². The van der Waals surface area contributed by atoms with Gasteiger partial charge in [-0.1, -0.05) is 24.3 Å². The summed E-state index contributed by atoms with van der Waals surface area (Å²) in [5.74, 6) is 0. The Morgan fingerprint density at radius 2 is 1.71 bits per heavy atom. The van der Waals surface area contributed by atoms with Gasteiger partial charge in [-0.05, 0) is 38.1 Å². The largest absolute Gasteiger partial charge is 0.267 e. The molecule has 0 atom stereocenters. The predicted octanol–water partition coefficient (Wildman–Crippen LogP) is 3.07. The van der Waals surface area contributed by atoms with Crippen molar-refractivity contribution in [3.63, 3.8) is 0 Å². The van der Waals surface area contributed by atoms with Crippen molar-refractivity contribution in [2.24, 2.45) is 0 Å². The van der Waals surface area contributed by atoms with E-state index >= 15 is 0 Å². The highest BCUT2D eigenvalue weighted by Gasteiger charge is 2.24. The van der Waals surface area contributed by atoms with E-state index < -0.39 is 10.0 Å². The van der Waals surface area contributed by atoms with Crippen molar-refractivity contribution >= 4 is 15.7 Å². The normalized spacial score (nSPS) is 11.1. The van der Waals surface area contributed by atoms with Crippen LogP contribution in [0.2, 0.25) is 0 Å². The van der Waals surface area contributed by atoms with E-state index in [0.29, 0.717) is 12.2 Å². The van der Waals surface area contributed by atoms with Gasteiger partial charge in [0.2, 0.25) is 0 Å². The third kappa shape index (κ3) is 3.13. The number of nitrogens with zero attached hydrogens (tertiary/aromatic N) is 2. The zero-order chi connectivity index (χ0) is 15.5. The van der Waals surface area contributed by atoms with Crippen LogP contribution in [0.4, 0.5) is 0 Å². The maximum Gasteiger partial charge on any atom is 0.264 e. The van der Waals surface area contributed by atoms with E-state index in [4.69, 9.17) is 0 Å². The first-order chi connectivity index (χ1) is 9.96. The molecule has 2 aromatic rings. The summed E-state index contributed by atoms with van der Waals surface area (Å²) in [6, 6.07) is 10.3. The molecule has 0 bridgehead atoms. The molecule has 0 radical (unpaired) electrons. The van der Waals surface area contributed by atoms with Crippen LogP contribution in [-0.4, -0.2) is 24.3 Å². The Hall–Kier alpha value is -2.14. The summed E-state index contributed by atoms with van der Waals surface area (Å²) in [5, 5.41) is 0. The van der Waals surface area contributed by atoms with Gasteiger partial charge < -0.3 is 0 Å². The smallest absolute Gasteiger partial charge is 0.264 e. The van der Waals surface area contributed by atoms with Crippen LogP contribution in [0.3, 0.4) is 0 Å². The van der Waals surface area contributed by atoms with Crippen molar-refractivity contribution in [1.82, 2.24) is 9.29 Å². The Labute approximate surface area is 125 Å². The first-order valence-electron chi connectivity index (χ1n) is 6.65. The number of aryl methyl sites for hydroxylation is 1. The summed E-state index contributed by atoms with van der Waals surface area (Å²) in [7, 11) is -3.60. The van der Waals surface area contributed by atoms with Crippen molar-refractivity contribution in [3.05, 3.63) is 66.5 Å². The first-order valence-corrected chi connectivity index (χ1v) is 8.09. The van der Waals surface area contributed by atoms with Crippen molar-refractivity contribution < 1.29 is 8.42 Å². The first kappa shape index (κ1) is 15.3. The van der Waals surface area contributed by atoms with Gasteiger partial charge in [0.25, 0.3) is 10.0 Å². The van der Waals surface area contributed by atoms with Gasteiger partial charge in [0, 0.05) is 24.5 Å². The van der Waals surface area contributed by atoms with Crippen LogP contribution in [0.25, 0.3) is 5.70 Å². The highest BCUT2D eigenvalue weighted by molar-refractivity contribution is 7.89. The Morgan fingerprint density at radius 1 is 1.14 bits per heavy atom. The van der Waals surface area contributed by atoms with E-state index in [2.05, 4.69) is 11.6 Å². The number of hydrogen-bond donors (Lipinski definition) is 0. The summed E-state index contributed by atoms with van der Waals surface area (Å²) in [4.78, 5) is 4.20. The maximum absolute atomic E-state index is 12.7. The topological polar surface area (TPSA) is 50.3 Å². The molecule has 0 saturated carbocycles. The molecule has 1 aromatic heterocycles. The molecule has 0 spiro atoms. The molecule has 5 heteroatoms. The molecule has 0 fully saturated rings. The molecule has 0 aliphatic rings. The minimum absolute atomic E-state index is 0.269. The fraction of sp³-hybridized carbons (Fsp3) is 0.188. The monoisotopic (exact) mass is 302 g/mol. The van der Waals surface area contributed by atoms with E-state index in [0.717, 1.165) is 11.1 Å². The molecule has 21 heavy (non-hydrogen) atoms. The summed E-state index contributed by atoms with van der Waals surface area (Å²) < 4.78 is 26.8. The zero-order valence-electron chi connectivity index (χ0n) is 12.2. The predicted molar refractivity (Wildman–Crippen MR) is 84.0 cm³/mol. The molecule has 0 N–H and O–H groups in total. The van der Waals surface area contributed by atoms with Gasteiger partial charge in [0.15, 0.2) is 0 Å². The summed E-state index contributed by atoms with van der Waals surface area (Å²) in [5.41, 5.74) is 2.20. The van der Waals surface area contributed by atoms with Gasteiger partial charge in [-0.15, -0.1) is 0 Å². The van der Waals surface area contributed by atoms with Crippen molar-refractivity contribution in [2.75, 3.05) is 6.54 Å². The van der Waals surface area contributed by atoms with Gasteiger partial charge in [-0.25, -0.2) is 8.42 Å². The lowest BCUT2D eigenvalue weighted by Crippen LogP contribution is -2.29. The fourth-order valence-corrected chi connectivity index (χ4v) is 3.50. The van der Waals surface area contributed by atoms with Gasteiger partial charge >= 0.3 is 0 Å². The lowest BCUT2D eigenvalue weighted by Gasteiger charge is -2.25. The maximum atomic E-state index is 12.7. The van der Waals surface area contributed by atoms with Gasteiger partial charge in [-0.2, -0.15) is 0 Å². The summed E-state index contributed by atoms with van der Waals surface area (Å²) in [6.07, 6.45) is 3.24. The van der Waals surface area contributed by atoms with E-state index in [9.17, 15) is 8.42 Å². The average molecular weight is 302 g/mol. The quantitative estimate of drug-likeness (QED) is 0.853. The van der Waals surface area contributed by atoms with Crippen molar-refractivity contribution in [1.29, 1.82) is 0 Å². The molecule has 2 rings (SSSR count). The molecular formula is C16H18N2O2S. The lowest BCUT2D eigenvalue weighted by atomic mass is 10.2. The summed E-state index contributed by atoms with van der Waals surface area (Å²) >= 11 is 0. The number of hydrogen-bond acceptors (Lipinski definition) is 3. The van der Waals surface area contributed by atoms with Crippen LogP contribution in [0.15, 0.2) is 60.3 Å². The van der Waals surface area contributed by atoms with Gasteiger partial charge in [-0.3, -0.25) is 9.29 Å². The molecule has 0 aliphatic heterocycles. The Morgan fingerprint density at radius 3 is 2.24 bits per heavy atom. The van der Waals surface area contributed by atoms with E-state index in [1.165, 1.54) is 4.31 Å². The van der Waals surface area contributed by atoms with E-state index in [1.54, 1.807) is 55.7 Å². The molecule has 4 nitrogen and oxygen atoms in total. The van der Waals surface area contributed by atoms with Crippen LogP contribution in [0, 0.1) is 6.92 Å². The molecule has 1 heterocycles. The standard InChI is InChI=1S/C16H18N2O2S/c1-4-18(14(3)15-9-11-17-12-10-15)21(19,20)16-7-5-13(2)6-8-16/h5-12H,3-4H2,1-2H3. The van der Waals surface area contributed by atoms with E-state index in [-0.39, 0.29) is 4.90 Å². The number of pyridine rings is 1. The SMILES string of the molecule is C=C(c1ccncc1)N(CC)S(=O)(=O)c1ccc(C)cc1. The molecule has 0 aliphatic carbocycles. The van der Waals surface area contributed by atoms with Gasteiger partial charge in [0.05, 0.1) is 10.6 Å². The summed E-state index contributed by atoms with van der Waals surface area (Å²) in [6.45, 7) is 7.95. The molecule has 110 valence electrons. The van der Waals surface area contributed by atoms with E-state index in [1.807, 2.05) is 6.92 Å². The fourth-order valence-electron chi connectivity index (χ4n) is 2.03. The highest BCUT2D eigenvalue weighted by Crippen LogP contribution is 2.25. The van der Waals surface area contributed by atoms with Crippen LogP contribution >= 0.6 is 0 Å². The minimum Gasteiger partial charge on any atom is -0.267 e. The zero-order valence-corrected chi connectivity index (χ0v) is 13.0. The molecule has 1 aromatic carbocycles. The number of benzene rings is 1. The number of rotatable bonds is 5. The Kier molecular flexibility index (Phi) is 4.43. The van der Waals surface area contributed by atoms with Crippen LogP contribution in [-0.2, 0) is 10.0 Å². The molecule has 0 saturated heterocycles. The lowest BCUT2D eigenvalue weighted by molar-refractivity contribution is 0.522. The van der Waals surface area contributed by atoms with Crippen LogP contribution in [0.1, 0.15) is 18.1 Å². The van der Waals surface area contributed by atoms with Crippen LogP contribution in [0.5, 0.6) is 0 Å². The Balaban J connectivity index is 2.41. The number of sulfonamides is 1. The second kappa shape index (κ2) is 6.10. The third-order valence-corrected chi connectivity index (χ3v) is 5.14. The molecular weight excluding hydrogens is 284 g/mol. The third-order valence-electron chi connectivity index (χ3n) is 3.21. The van der Waals surface area contributed by atoms with Gasteiger partial charge in [0.1, 0.15) is 0 Å². The highest BCUT2D eigenvalue weighted by atomic mass is 32.2. The second-order valence-corrected chi connectivity index (χ2v) is 6.53. The average Bonchev–Trinajstić information content (AvgIpc) is 2.49.